The third-order valence-electron chi connectivity index (χ3n) is 2.01. The van der Waals surface area contributed by atoms with Crippen molar-refractivity contribution in [2.45, 2.75) is 38.1 Å². The highest BCUT2D eigenvalue weighted by Gasteiger charge is 2.09. The SMILES string of the molecule is CN.CNC1CCCCC1.[HH].[HH]. The zero-order valence-corrected chi connectivity index (χ0v) is 7.19. The smallest absolute Gasteiger partial charge is 0.00640 e. The average molecular weight is 148 g/mol. The van der Waals surface area contributed by atoms with Gasteiger partial charge in [0.15, 0.2) is 0 Å². The molecule has 0 aliphatic heterocycles. The quantitative estimate of drug-likeness (QED) is 0.593. The van der Waals surface area contributed by atoms with Crippen LogP contribution in [-0.4, -0.2) is 20.1 Å². The van der Waals surface area contributed by atoms with Gasteiger partial charge in [-0.25, -0.2) is 0 Å². The van der Waals surface area contributed by atoms with E-state index in [1.54, 1.807) is 0 Å². The van der Waals surface area contributed by atoms with Gasteiger partial charge < -0.3 is 11.1 Å². The van der Waals surface area contributed by atoms with Gasteiger partial charge in [0.05, 0.1) is 0 Å². The van der Waals surface area contributed by atoms with E-state index >= 15 is 0 Å². The molecule has 2 nitrogen and oxygen atoms in total. The molecular formula is C8H24N2. The monoisotopic (exact) mass is 148 g/mol. The minimum absolute atomic E-state index is 0. The Hall–Kier alpha value is -0.0800. The van der Waals surface area contributed by atoms with Crippen LogP contribution >= 0.6 is 0 Å². The van der Waals surface area contributed by atoms with Crippen LogP contribution in [0.4, 0.5) is 0 Å². The predicted molar refractivity (Wildman–Crippen MR) is 50.3 cm³/mol. The molecule has 1 fully saturated rings. The van der Waals surface area contributed by atoms with Crippen LogP contribution in [0, 0.1) is 0 Å². The van der Waals surface area contributed by atoms with Crippen molar-refractivity contribution < 1.29 is 2.85 Å². The molecule has 0 aromatic carbocycles. The standard InChI is InChI=1S/C7H15N.CH5N.2H2/c1-8-7-5-3-2-4-6-7;1-2;;/h7-8H,2-6H2,1H3;2H2,1H3;2*1H. The highest BCUT2D eigenvalue weighted by Crippen LogP contribution is 2.16. The summed E-state index contributed by atoms with van der Waals surface area (Å²) in [7, 11) is 3.57. The van der Waals surface area contributed by atoms with Crippen LogP contribution in [-0.2, 0) is 0 Å². The number of hydrogen-bond donors (Lipinski definition) is 2. The number of nitrogens with two attached hydrogens (primary N) is 1. The van der Waals surface area contributed by atoms with Crippen molar-refractivity contribution in [2.24, 2.45) is 5.73 Å². The van der Waals surface area contributed by atoms with Crippen molar-refractivity contribution in [1.82, 2.24) is 5.32 Å². The van der Waals surface area contributed by atoms with E-state index in [9.17, 15) is 0 Å². The first-order valence-electron chi connectivity index (χ1n) is 4.18. The highest BCUT2D eigenvalue weighted by molar-refractivity contribution is 4.68. The van der Waals surface area contributed by atoms with Crippen molar-refractivity contribution in [1.29, 1.82) is 0 Å². The molecule has 0 radical (unpaired) electrons. The summed E-state index contributed by atoms with van der Waals surface area (Å²) < 4.78 is 0. The topological polar surface area (TPSA) is 38.0 Å². The van der Waals surface area contributed by atoms with E-state index in [-0.39, 0.29) is 2.85 Å². The molecule has 0 amide bonds. The zero-order valence-electron chi connectivity index (χ0n) is 7.19. The van der Waals surface area contributed by atoms with Gasteiger partial charge in [0.1, 0.15) is 0 Å². The predicted octanol–water partition coefficient (Wildman–Crippen LogP) is 1.61. The van der Waals surface area contributed by atoms with Crippen molar-refractivity contribution in [2.75, 3.05) is 14.1 Å². The maximum absolute atomic E-state index is 4.50. The number of hydrogen-bond acceptors (Lipinski definition) is 2. The molecule has 1 saturated carbocycles. The third kappa shape index (κ3) is 3.85. The van der Waals surface area contributed by atoms with Gasteiger partial charge in [0.25, 0.3) is 0 Å². The Bertz CT molecular complexity index is 66.1. The molecule has 0 unspecified atom stereocenters. The molecule has 0 atom stereocenters. The summed E-state index contributed by atoms with van der Waals surface area (Å²) in [6.07, 6.45) is 7.13. The zero-order chi connectivity index (χ0) is 7.82. The summed E-state index contributed by atoms with van der Waals surface area (Å²) >= 11 is 0. The molecule has 0 bridgehead atoms. The van der Waals surface area contributed by atoms with Gasteiger partial charge in [0.2, 0.25) is 0 Å². The van der Waals surface area contributed by atoms with E-state index in [1.807, 2.05) is 0 Å². The second-order valence-corrected chi connectivity index (χ2v) is 2.62. The van der Waals surface area contributed by atoms with Crippen LogP contribution in [0.25, 0.3) is 0 Å². The maximum Gasteiger partial charge on any atom is 0.00640 e. The fourth-order valence-electron chi connectivity index (χ4n) is 1.39. The van der Waals surface area contributed by atoms with Gasteiger partial charge in [-0.2, -0.15) is 0 Å². The van der Waals surface area contributed by atoms with Crippen LogP contribution in [0.15, 0.2) is 0 Å². The molecule has 0 aromatic rings. The molecule has 2 heteroatoms. The summed E-state index contributed by atoms with van der Waals surface area (Å²) in [6, 6.07) is 0.837. The molecule has 0 saturated heterocycles. The third-order valence-corrected chi connectivity index (χ3v) is 2.01. The van der Waals surface area contributed by atoms with Crippen LogP contribution in [0.1, 0.15) is 35.0 Å². The first-order valence-corrected chi connectivity index (χ1v) is 4.18. The van der Waals surface area contributed by atoms with Crippen molar-refractivity contribution in [3.05, 3.63) is 0 Å². The molecule has 66 valence electrons. The van der Waals surface area contributed by atoms with Gasteiger partial charge in [-0.05, 0) is 26.9 Å². The summed E-state index contributed by atoms with van der Waals surface area (Å²) in [5, 5.41) is 3.30. The normalized spacial score (nSPS) is 19.5. The van der Waals surface area contributed by atoms with Gasteiger partial charge in [0, 0.05) is 8.90 Å². The van der Waals surface area contributed by atoms with Gasteiger partial charge >= 0.3 is 0 Å². The fraction of sp³-hybridized carbons (Fsp3) is 1.00. The van der Waals surface area contributed by atoms with E-state index in [2.05, 4.69) is 18.1 Å². The summed E-state index contributed by atoms with van der Waals surface area (Å²) in [5.74, 6) is 0. The lowest BCUT2D eigenvalue weighted by Gasteiger charge is -2.20. The van der Waals surface area contributed by atoms with Crippen LogP contribution in [0.3, 0.4) is 0 Å². The minimum Gasteiger partial charge on any atom is -0.333 e. The minimum atomic E-state index is 0. The second-order valence-electron chi connectivity index (χ2n) is 2.62. The molecule has 1 aliphatic carbocycles. The Morgan fingerprint density at radius 1 is 1.20 bits per heavy atom. The molecule has 1 rings (SSSR count). The fourth-order valence-corrected chi connectivity index (χ4v) is 1.39. The lowest BCUT2D eigenvalue weighted by Crippen LogP contribution is -2.26. The highest BCUT2D eigenvalue weighted by atomic mass is 14.9. The summed E-state index contributed by atoms with van der Waals surface area (Å²) in [5.41, 5.74) is 4.50. The van der Waals surface area contributed by atoms with Crippen LogP contribution in [0.2, 0.25) is 0 Å². The van der Waals surface area contributed by atoms with Crippen molar-refractivity contribution in [3.63, 3.8) is 0 Å². The first kappa shape index (κ1) is 9.92. The number of nitrogens with one attached hydrogen (secondary N) is 1. The van der Waals surface area contributed by atoms with E-state index in [1.165, 1.54) is 39.2 Å². The van der Waals surface area contributed by atoms with Crippen LogP contribution < -0.4 is 11.1 Å². The largest absolute Gasteiger partial charge is 0.333 e. The van der Waals surface area contributed by atoms with Gasteiger partial charge in [-0.3, -0.25) is 0 Å². The molecule has 0 spiro atoms. The van der Waals surface area contributed by atoms with Gasteiger partial charge in [-0.1, -0.05) is 19.3 Å². The molecular weight excluding hydrogens is 124 g/mol. The molecule has 10 heavy (non-hydrogen) atoms. The molecule has 0 aromatic heterocycles. The molecule has 0 heterocycles. The summed E-state index contributed by atoms with van der Waals surface area (Å²) in [6.45, 7) is 0. The number of rotatable bonds is 1. The van der Waals surface area contributed by atoms with E-state index < -0.39 is 0 Å². The summed E-state index contributed by atoms with van der Waals surface area (Å²) in [4.78, 5) is 0. The molecule has 1 aliphatic rings. The Labute approximate surface area is 67.2 Å². The van der Waals surface area contributed by atoms with Crippen LogP contribution in [0.5, 0.6) is 0 Å². The Morgan fingerprint density at radius 3 is 2.00 bits per heavy atom. The second kappa shape index (κ2) is 7.03. The molecule has 3 N–H and O–H groups in total. The Balaban J connectivity index is -0.000000189. The van der Waals surface area contributed by atoms with E-state index in [4.69, 9.17) is 0 Å². The van der Waals surface area contributed by atoms with Crippen molar-refractivity contribution >= 4 is 0 Å². The lowest BCUT2D eigenvalue weighted by atomic mass is 9.96. The van der Waals surface area contributed by atoms with E-state index in [0.717, 1.165) is 6.04 Å². The lowest BCUT2D eigenvalue weighted by molar-refractivity contribution is 0.394. The average Bonchev–Trinajstić information content (AvgIpc) is 2.10. The Morgan fingerprint density at radius 2 is 1.70 bits per heavy atom. The Kier molecular flexibility index (Phi) is 6.98. The van der Waals surface area contributed by atoms with E-state index in [0.29, 0.717) is 0 Å². The van der Waals surface area contributed by atoms with Gasteiger partial charge in [-0.15, -0.1) is 0 Å². The maximum atomic E-state index is 4.50. The van der Waals surface area contributed by atoms with Crippen molar-refractivity contribution in [3.8, 4) is 0 Å². The first-order chi connectivity index (χ1) is 4.93.